The van der Waals surface area contributed by atoms with Crippen molar-refractivity contribution in [1.29, 1.82) is 0 Å². The highest BCUT2D eigenvalue weighted by atomic mass is 19.2. The molecular weight excluding hydrogens is 358 g/mol. The van der Waals surface area contributed by atoms with Crippen molar-refractivity contribution >= 4 is 29.2 Å². The van der Waals surface area contributed by atoms with Crippen molar-refractivity contribution in [2.75, 3.05) is 16.8 Å². The van der Waals surface area contributed by atoms with Crippen LogP contribution in [0.3, 0.4) is 0 Å². The zero-order valence-electron chi connectivity index (χ0n) is 14.4. The largest absolute Gasteiger partial charge is 0.462 e. The summed E-state index contributed by atoms with van der Waals surface area (Å²) < 4.78 is 31.2. The summed E-state index contributed by atoms with van der Waals surface area (Å²) in [4.78, 5) is 37.5. The molecule has 140 valence electrons. The van der Waals surface area contributed by atoms with Crippen molar-refractivity contribution in [3.8, 4) is 0 Å². The van der Waals surface area contributed by atoms with Crippen LogP contribution in [-0.2, 0) is 14.3 Å². The normalized spacial score (nSPS) is 16.6. The van der Waals surface area contributed by atoms with Gasteiger partial charge in [0.05, 0.1) is 24.3 Å². The molecule has 0 radical (unpaired) electrons. The highest BCUT2D eigenvalue weighted by Gasteiger charge is 2.39. The van der Waals surface area contributed by atoms with Gasteiger partial charge in [-0.3, -0.25) is 9.59 Å². The summed E-state index contributed by atoms with van der Waals surface area (Å²) in [6.45, 7) is 1.93. The van der Waals surface area contributed by atoms with Crippen LogP contribution >= 0.6 is 0 Å². The molecule has 0 aliphatic carbocycles. The second kappa shape index (κ2) is 7.53. The highest BCUT2D eigenvalue weighted by Crippen LogP contribution is 2.26. The van der Waals surface area contributed by atoms with Crippen molar-refractivity contribution < 1.29 is 27.9 Å². The molecule has 2 aromatic carbocycles. The molecule has 3 rings (SSSR count). The van der Waals surface area contributed by atoms with E-state index in [1.807, 2.05) is 0 Å². The Bertz CT molecular complexity index is 899. The number of nitrogens with one attached hydrogen (secondary N) is 1. The summed E-state index contributed by atoms with van der Waals surface area (Å²) in [7, 11) is 0. The van der Waals surface area contributed by atoms with E-state index in [1.165, 1.54) is 30.3 Å². The maximum Gasteiger partial charge on any atom is 0.338 e. The fourth-order valence-corrected chi connectivity index (χ4v) is 2.76. The number of ether oxygens (including phenoxy) is 1. The number of nitrogens with zero attached hydrogens (tertiary/aromatic N) is 1. The van der Waals surface area contributed by atoms with Gasteiger partial charge in [-0.2, -0.15) is 0 Å². The first kappa shape index (κ1) is 18.5. The van der Waals surface area contributed by atoms with Gasteiger partial charge in [0.15, 0.2) is 11.6 Å². The number of amides is 2. The molecule has 1 aliphatic heterocycles. The Kier molecular flexibility index (Phi) is 5.16. The van der Waals surface area contributed by atoms with Crippen molar-refractivity contribution in [1.82, 2.24) is 0 Å². The van der Waals surface area contributed by atoms with Crippen LogP contribution in [0.2, 0.25) is 0 Å². The molecule has 1 aliphatic rings. The van der Waals surface area contributed by atoms with Gasteiger partial charge in [-0.05, 0) is 43.3 Å². The zero-order chi connectivity index (χ0) is 19.6. The summed E-state index contributed by atoms with van der Waals surface area (Å²) >= 11 is 0. The van der Waals surface area contributed by atoms with Gasteiger partial charge in [0.2, 0.25) is 5.91 Å². The van der Waals surface area contributed by atoms with Crippen LogP contribution < -0.4 is 10.2 Å². The number of carbonyl (C=O) groups excluding carboxylic acids is 3. The fourth-order valence-electron chi connectivity index (χ4n) is 2.76. The maximum absolute atomic E-state index is 13.3. The lowest BCUT2D eigenvalue weighted by atomic mass is 10.2. The Labute approximate surface area is 153 Å². The smallest absolute Gasteiger partial charge is 0.338 e. The molecule has 6 nitrogen and oxygen atoms in total. The third-order valence-corrected chi connectivity index (χ3v) is 4.04. The molecule has 27 heavy (non-hydrogen) atoms. The molecule has 2 aromatic rings. The number of carbonyl (C=O) groups is 3. The molecule has 1 fully saturated rings. The molecule has 8 heteroatoms. The van der Waals surface area contributed by atoms with Crippen LogP contribution in [0.1, 0.15) is 23.7 Å². The van der Waals surface area contributed by atoms with Crippen LogP contribution in [0, 0.1) is 11.6 Å². The van der Waals surface area contributed by atoms with Crippen LogP contribution in [0.15, 0.2) is 42.5 Å². The van der Waals surface area contributed by atoms with Crippen molar-refractivity contribution in [2.24, 2.45) is 0 Å². The van der Waals surface area contributed by atoms with Crippen LogP contribution in [0.25, 0.3) is 0 Å². The minimum absolute atomic E-state index is 0.128. The van der Waals surface area contributed by atoms with E-state index in [9.17, 15) is 23.2 Å². The molecule has 0 unspecified atom stereocenters. The van der Waals surface area contributed by atoms with Gasteiger partial charge in [-0.15, -0.1) is 0 Å². The molecule has 1 saturated heterocycles. The topological polar surface area (TPSA) is 75.7 Å². The average molecular weight is 374 g/mol. The van der Waals surface area contributed by atoms with E-state index in [4.69, 9.17) is 4.74 Å². The molecule has 1 N–H and O–H groups in total. The predicted molar refractivity (Wildman–Crippen MR) is 93.3 cm³/mol. The lowest BCUT2D eigenvalue weighted by molar-refractivity contribution is -0.121. The Hall–Kier alpha value is -3.29. The van der Waals surface area contributed by atoms with E-state index >= 15 is 0 Å². The average Bonchev–Trinajstić information content (AvgIpc) is 2.92. The summed E-state index contributed by atoms with van der Waals surface area (Å²) in [5.41, 5.74) is 0.809. The number of rotatable bonds is 5. The molecule has 1 atom stereocenters. The van der Waals surface area contributed by atoms with Gasteiger partial charge in [0.1, 0.15) is 6.04 Å². The lowest BCUT2D eigenvalue weighted by Crippen LogP contribution is -2.34. The molecule has 0 bridgehead atoms. The fraction of sp³-hybridized carbons (Fsp3) is 0.211. The van der Waals surface area contributed by atoms with Crippen molar-refractivity contribution in [3.05, 3.63) is 59.7 Å². The standard InChI is InChI=1S/C19H16F2N2O4/c1-2-27-19(26)11-3-6-13(7-4-11)23-17(24)10-16(18(23)25)22-12-5-8-14(20)15(21)9-12/h3-9,16,22H,2,10H2,1H3/t16-/m1/s1. The second-order valence-electron chi connectivity index (χ2n) is 5.86. The summed E-state index contributed by atoms with van der Waals surface area (Å²) in [5.74, 6) is -3.51. The molecular formula is C19H16F2N2O4. The summed E-state index contributed by atoms with van der Waals surface area (Å²) in [6, 6.07) is 8.12. The highest BCUT2D eigenvalue weighted by molar-refractivity contribution is 6.23. The van der Waals surface area contributed by atoms with Gasteiger partial charge < -0.3 is 10.1 Å². The van der Waals surface area contributed by atoms with E-state index in [2.05, 4.69) is 5.32 Å². The van der Waals surface area contributed by atoms with Crippen LogP contribution in [0.4, 0.5) is 20.2 Å². The first-order valence-corrected chi connectivity index (χ1v) is 8.26. The third-order valence-electron chi connectivity index (χ3n) is 4.04. The minimum Gasteiger partial charge on any atom is -0.462 e. The van der Waals surface area contributed by atoms with Gasteiger partial charge in [0, 0.05) is 11.8 Å². The first-order chi connectivity index (χ1) is 12.9. The first-order valence-electron chi connectivity index (χ1n) is 8.26. The van der Waals surface area contributed by atoms with Gasteiger partial charge in [-0.25, -0.2) is 18.5 Å². The van der Waals surface area contributed by atoms with E-state index in [1.54, 1.807) is 6.92 Å². The molecule has 2 amide bonds. The van der Waals surface area contributed by atoms with Crippen LogP contribution in [-0.4, -0.2) is 30.4 Å². The molecule has 1 heterocycles. The SMILES string of the molecule is CCOC(=O)c1ccc(N2C(=O)C[C@@H](Nc3ccc(F)c(F)c3)C2=O)cc1. The molecule has 0 spiro atoms. The Balaban J connectivity index is 1.75. The maximum atomic E-state index is 13.3. The van der Waals surface area contributed by atoms with Crippen LogP contribution in [0.5, 0.6) is 0 Å². The molecule has 0 saturated carbocycles. The quantitative estimate of drug-likeness (QED) is 0.643. The Morgan fingerprint density at radius 1 is 1.15 bits per heavy atom. The number of hydrogen-bond donors (Lipinski definition) is 1. The third kappa shape index (κ3) is 3.79. The summed E-state index contributed by atoms with van der Waals surface area (Å²) in [6.07, 6.45) is -0.128. The monoisotopic (exact) mass is 374 g/mol. The predicted octanol–water partition coefficient (Wildman–Crippen LogP) is 2.89. The van der Waals surface area contributed by atoms with Gasteiger partial charge in [0.25, 0.3) is 5.91 Å². The minimum atomic E-state index is -1.05. The van der Waals surface area contributed by atoms with E-state index in [-0.39, 0.29) is 18.7 Å². The zero-order valence-corrected chi connectivity index (χ0v) is 14.4. The number of benzene rings is 2. The van der Waals surface area contributed by atoms with Gasteiger partial charge >= 0.3 is 5.97 Å². The van der Waals surface area contributed by atoms with Crippen molar-refractivity contribution in [3.63, 3.8) is 0 Å². The van der Waals surface area contributed by atoms with Gasteiger partial charge in [-0.1, -0.05) is 0 Å². The second-order valence-corrected chi connectivity index (χ2v) is 5.86. The number of hydrogen-bond acceptors (Lipinski definition) is 5. The number of halogens is 2. The summed E-state index contributed by atoms with van der Waals surface area (Å²) in [5, 5.41) is 2.74. The number of anilines is 2. The number of imide groups is 1. The van der Waals surface area contributed by atoms with E-state index in [0.29, 0.717) is 11.3 Å². The number of esters is 1. The Morgan fingerprint density at radius 2 is 1.85 bits per heavy atom. The Morgan fingerprint density at radius 3 is 2.48 bits per heavy atom. The van der Waals surface area contributed by atoms with E-state index < -0.39 is 35.5 Å². The lowest BCUT2D eigenvalue weighted by Gasteiger charge is -2.16. The van der Waals surface area contributed by atoms with E-state index in [0.717, 1.165) is 17.0 Å². The van der Waals surface area contributed by atoms with Crippen molar-refractivity contribution in [2.45, 2.75) is 19.4 Å². The molecule has 0 aromatic heterocycles.